The summed E-state index contributed by atoms with van der Waals surface area (Å²) in [7, 11) is 1.83. The van der Waals surface area contributed by atoms with Crippen LogP contribution in [0.1, 0.15) is 35.7 Å². The molecular weight excluding hydrogens is 407 g/mol. The molecular formula is C24H27FN6O. The molecule has 3 aromatic rings. The van der Waals surface area contributed by atoms with E-state index in [0.717, 1.165) is 56.1 Å². The highest BCUT2D eigenvalue weighted by Crippen LogP contribution is 2.37. The topological polar surface area (TPSA) is 77.1 Å². The van der Waals surface area contributed by atoms with Crippen LogP contribution in [-0.2, 0) is 6.54 Å². The molecule has 0 radical (unpaired) electrons. The van der Waals surface area contributed by atoms with E-state index >= 15 is 4.39 Å². The van der Waals surface area contributed by atoms with E-state index < -0.39 is 0 Å². The van der Waals surface area contributed by atoms with Gasteiger partial charge in [-0.1, -0.05) is 12.6 Å². The van der Waals surface area contributed by atoms with Crippen LogP contribution in [0.25, 0.3) is 16.7 Å². The smallest absolute Gasteiger partial charge is 0.270 e. The Labute approximate surface area is 186 Å². The minimum atomic E-state index is -0.374. The van der Waals surface area contributed by atoms with Crippen LogP contribution in [0.15, 0.2) is 41.8 Å². The highest BCUT2D eigenvalue weighted by atomic mass is 19.1. The van der Waals surface area contributed by atoms with Gasteiger partial charge in [0.1, 0.15) is 11.2 Å². The molecule has 1 saturated heterocycles. The summed E-state index contributed by atoms with van der Waals surface area (Å²) in [5, 5.41) is 3.01. The highest BCUT2D eigenvalue weighted by molar-refractivity contribution is 5.75. The molecule has 2 fully saturated rings. The maximum atomic E-state index is 15.2. The molecule has 1 aliphatic heterocycles. The van der Waals surface area contributed by atoms with E-state index in [1.807, 2.05) is 25.4 Å². The molecule has 2 aliphatic rings. The molecule has 32 heavy (non-hydrogen) atoms. The first-order valence-electron chi connectivity index (χ1n) is 11.0. The largest absolute Gasteiger partial charge is 0.387 e. The fourth-order valence-corrected chi connectivity index (χ4v) is 4.22. The number of aromatic nitrogens is 3. The van der Waals surface area contributed by atoms with Gasteiger partial charge in [-0.05, 0) is 31.0 Å². The third-order valence-corrected chi connectivity index (χ3v) is 6.37. The van der Waals surface area contributed by atoms with Crippen molar-refractivity contribution in [1.82, 2.24) is 25.2 Å². The molecule has 2 N–H and O–H groups in total. The van der Waals surface area contributed by atoms with Crippen molar-refractivity contribution >= 4 is 22.4 Å². The third kappa shape index (κ3) is 3.98. The SMILES string of the molecule is C=C(NC)c1ccc(N2CCN(Cc3ccc4nc(C5CC5)c(=O)[nH]c4c3F)CC2)cn1. The van der Waals surface area contributed by atoms with Crippen molar-refractivity contribution in [2.24, 2.45) is 0 Å². The molecule has 0 unspecified atom stereocenters. The zero-order chi connectivity index (χ0) is 22.2. The number of anilines is 1. The van der Waals surface area contributed by atoms with Crippen molar-refractivity contribution in [3.8, 4) is 0 Å². The second kappa shape index (κ2) is 8.35. The standard InChI is InChI=1S/C24H27FN6O/c1-15(26-2)19-8-6-18(13-27-19)31-11-9-30(10-12-31)14-17-5-7-20-23(21(17)25)29-24(32)22(28-20)16-3-4-16/h5-8,13,16,26H,1,3-4,9-12,14H2,2H3,(H,29,32). The number of nitrogens with one attached hydrogen (secondary N) is 2. The first-order valence-corrected chi connectivity index (χ1v) is 11.0. The Bertz CT molecular complexity index is 1210. The lowest BCUT2D eigenvalue weighted by atomic mass is 10.1. The summed E-state index contributed by atoms with van der Waals surface area (Å²) in [6.07, 6.45) is 3.84. The van der Waals surface area contributed by atoms with Crippen molar-refractivity contribution < 1.29 is 4.39 Å². The van der Waals surface area contributed by atoms with E-state index in [0.29, 0.717) is 23.3 Å². The van der Waals surface area contributed by atoms with Crippen molar-refractivity contribution in [1.29, 1.82) is 0 Å². The summed E-state index contributed by atoms with van der Waals surface area (Å²) in [4.78, 5) is 28.5. The van der Waals surface area contributed by atoms with Crippen LogP contribution in [0.2, 0.25) is 0 Å². The van der Waals surface area contributed by atoms with Gasteiger partial charge in [-0.2, -0.15) is 0 Å². The Kier molecular flexibility index (Phi) is 5.38. The summed E-state index contributed by atoms with van der Waals surface area (Å²) >= 11 is 0. The summed E-state index contributed by atoms with van der Waals surface area (Å²) < 4.78 is 15.2. The highest BCUT2D eigenvalue weighted by Gasteiger charge is 2.28. The number of halogens is 1. The molecule has 0 bridgehead atoms. The van der Waals surface area contributed by atoms with Crippen LogP contribution < -0.4 is 15.8 Å². The van der Waals surface area contributed by atoms with Crippen LogP contribution in [0.5, 0.6) is 0 Å². The molecule has 8 heteroatoms. The summed E-state index contributed by atoms with van der Waals surface area (Å²) in [6.45, 7) is 7.75. The van der Waals surface area contributed by atoms with Gasteiger partial charge >= 0.3 is 0 Å². The monoisotopic (exact) mass is 434 g/mol. The predicted molar refractivity (Wildman–Crippen MR) is 124 cm³/mol. The Morgan fingerprint density at radius 3 is 2.66 bits per heavy atom. The van der Waals surface area contributed by atoms with Crippen molar-refractivity contribution in [3.05, 3.63) is 70.2 Å². The van der Waals surface area contributed by atoms with Gasteiger partial charge in [0, 0.05) is 51.3 Å². The maximum Gasteiger partial charge on any atom is 0.270 e. The lowest BCUT2D eigenvalue weighted by molar-refractivity contribution is 0.247. The van der Waals surface area contributed by atoms with Crippen LogP contribution in [0.3, 0.4) is 0 Å². The molecule has 1 aliphatic carbocycles. The lowest BCUT2D eigenvalue weighted by Crippen LogP contribution is -2.46. The Morgan fingerprint density at radius 1 is 1.22 bits per heavy atom. The maximum absolute atomic E-state index is 15.2. The second-order valence-corrected chi connectivity index (χ2v) is 8.55. The first-order chi connectivity index (χ1) is 15.5. The number of pyridine rings is 1. The number of piperazine rings is 1. The van der Waals surface area contributed by atoms with E-state index in [-0.39, 0.29) is 22.8 Å². The van der Waals surface area contributed by atoms with E-state index in [2.05, 4.69) is 42.7 Å². The molecule has 0 spiro atoms. The molecule has 5 rings (SSSR count). The van der Waals surface area contributed by atoms with E-state index in [9.17, 15) is 4.79 Å². The fraction of sp³-hybridized carbons (Fsp3) is 0.375. The number of fused-ring (bicyclic) bond motifs is 1. The molecule has 166 valence electrons. The van der Waals surface area contributed by atoms with Crippen LogP contribution in [-0.4, -0.2) is 53.1 Å². The summed E-state index contributed by atoms with van der Waals surface area (Å²) in [6, 6.07) is 7.64. The lowest BCUT2D eigenvalue weighted by Gasteiger charge is -2.36. The summed E-state index contributed by atoms with van der Waals surface area (Å²) in [5.74, 6) is -0.142. The number of rotatable bonds is 6. The Hall–Kier alpha value is -3.26. The number of H-pyrrole nitrogens is 1. The normalized spacial score (nSPS) is 17.0. The van der Waals surface area contributed by atoms with Gasteiger partial charge in [0.2, 0.25) is 0 Å². The van der Waals surface area contributed by atoms with Crippen molar-refractivity contribution in [2.45, 2.75) is 25.3 Å². The minimum absolute atomic E-state index is 0.213. The number of aromatic amines is 1. The second-order valence-electron chi connectivity index (χ2n) is 8.55. The minimum Gasteiger partial charge on any atom is -0.387 e. The predicted octanol–water partition coefficient (Wildman–Crippen LogP) is 2.85. The molecule has 3 heterocycles. The average molecular weight is 435 g/mol. The third-order valence-electron chi connectivity index (χ3n) is 6.37. The fourth-order valence-electron chi connectivity index (χ4n) is 4.22. The molecule has 2 aromatic heterocycles. The zero-order valence-electron chi connectivity index (χ0n) is 18.2. The van der Waals surface area contributed by atoms with E-state index in [1.54, 1.807) is 6.07 Å². The molecule has 1 saturated carbocycles. The number of nitrogens with zero attached hydrogens (tertiary/aromatic N) is 4. The van der Waals surface area contributed by atoms with E-state index in [4.69, 9.17) is 0 Å². The average Bonchev–Trinajstić information content (AvgIpc) is 3.66. The van der Waals surface area contributed by atoms with Gasteiger partial charge in [0.25, 0.3) is 5.56 Å². The Morgan fingerprint density at radius 2 is 2.00 bits per heavy atom. The van der Waals surface area contributed by atoms with Crippen molar-refractivity contribution in [3.63, 3.8) is 0 Å². The van der Waals surface area contributed by atoms with Gasteiger partial charge in [0.15, 0.2) is 5.82 Å². The van der Waals surface area contributed by atoms with Crippen molar-refractivity contribution in [2.75, 3.05) is 38.1 Å². The molecule has 1 aromatic carbocycles. The van der Waals surface area contributed by atoms with Crippen LogP contribution in [0.4, 0.5) is 10.1 Å². The first kappa shape index (κ1) is 20.6. The molecule has 7 nitrogen and oxygen atoms in total. The molecule has 0 atom stereocenters. The van der Waals surface area contributed by atoms with Crippen LogP contribution in [0, 0.1) is 5.82 Å². The van der Waals surface area contributed by atoms with Gasteiger partial charge in [0.05, 0.1) is 28.8 Å². The zero-order valence-corrected chi connectivity index (χ0v) is 18.2. The molecule has 0 amide bonds. The van der Waals surface area contributed by atoms with Crippen LogP contribution >= 0.6 is 0 Å². The Balaban J connectivity index is 1.26. The van der Waals surface area contributed by atoms with E-state index in [1.165, 1.54) is 0 Å². The van der Waals surface area contributed by atoms with Gasteiger partial charge in [-0.25, -0.2) is 9.37 Å². The van der Waals surface area contributed by atoms with Gasteiger partial charge in [-0.15, -0.1) is 0 Å². The quantitative estimate of drug-likeness (QED) is 0.621. The number of benzene rings is 1. The van der Waals surface area contributed by atoms with Gasteiger partial charge in [-0.3, -0.25) is 14.7 Å². The van der Waals surface area contributed by atoms with Gasteiger partial charge < -0.3 is 15.2 Å². The number of hydrogen-bond donors (Lipinski definition) is 2. The summed E-state index contributed by atoms with van der Waals surface area (Å²) in [5.41, 5.74) is 4.29. The number of hydrogen-bond acceptors (Lipinski definition) is 6.